The van der Waals surface area contributed by atoms with Crippen LogP contribution >= 0.6 is 0 Å². The molecule has 0 heterocycles. The predicted molar refractivity (Wildman–Crippen MR) is 47.9 cm³/mol. The van der Waals surface area contributed by atoms with Gasteiger partial charge < -0.3 is 16.2 Å². The van der Waals surface area contributed by atoms with E-state index in [1.807, 2.05) is 0 Å². The summed E-state index contributed by atoms with van der Waals surface area (Å²) in [6.07, 6.45) is -3.65. The van der Waals surface area contributed by atoms with Crippen molar-refractivity contribution in [2.24, 2.45) is 11.5 Å². The number of hydrogen-bond donors (Lipinski definition) is 2. The van der Waals surface area contributed by atoms with Gasteiger partial charge in [-0.05, 0) is 12.8 Å². The fourth-order valence-electron chi connectivity index (χ4n) is 0.861. The van der Waals surface area contributed by atoms with Crippen LogP contribution in [0.3, 0.4) is 0 Å². The van der Waals surface area contributed by atoms with Crippen molar-refractivity contribution in [3.05, 3.63) is 0 Å². The maximum atomic E-state index is 11.6. The quantitative estimate of drug-likeness (QED) is 0.651. The molecule has 0 aliphatic heterocycles. The van der Waals surface area contributed by atoms with E-state index in [1.165, 1.54) is 0 Å². The Balaban J connectivity index is 3.50. The van der Waals surface area contributed by atoms with Crippen molar-refractivity contribution in [3.8, 4) is 0 Å². The van der Waals surface area contributed by atoms with Crippen LogP contribution in [-0.4, -0.2) is 31.3 Å². The van der Waals surface area contributed by atoms with Crippen molar-refractivity contribution >= 4 is 5.97 Å². The smallest absolute Gasteiger partial charge is 0.422 e. The van der Waals surface area contributed by atoms with Crippen LogP contribution in [0.15, 0.2) is 0 Å². The largest absolute Gasteiger partial charge is 0.456 e. The van der Waals surface area contributed by atoms with Gasteiger partial charge in [0.1, 0.15) is 0 Å². The molecule has 4 N–H and O–H groups in total. The van der Waals surface area contributed by atoms with E-state index in [-0.39, 0.29) is 19.0 Å². The van der Waals surface area contributed by atoms with Crippen molar-refractivity contribution in [2.45, 2.75) is 31.5 Å². The van der Waals surface area contributed by atoms with Crippen LogP contribution in [0, 0.1) is 0 Å². The van der Waals surface area contributed by atoms with Crippen molar-refractivity contribution < 1.29 is 22.7 Å². The monoisotopic (exact) mass is 228 g/mol. The molecule has 15 heavy (non-hydrogen) atoms. The van der Waals surface area contributed by atoms with Crippen LogP contribution in [0.4, 0.5) is 13.2 Å². The molecular formula is C8H15F3N2O2. The molecular weight excluding hydrogens is 213 g/mol. The molecule has 0 spiro atoms. The number of carbonyl (C=O) groups excluding carboxylic acids is 1. The number of hydrogen-bond acceptors (Lipinski definition) is 4. The van der Waals surface area contributed by atoms with Gasteiger partial charge in [-0.25, -0.2) is 0 Å². The molecule has 0 bridgehead atoms. The van der Waals surface area contributed by atoms with Crippen LogP contribution in [0.1, 0.15) is 19.3 Å². The van der Waals surface area contributed by atoms with E-state index in [2.05, 4.69) is 4.74 Å². The van der Waals surface area contributed by atoms with E-state index in [9.17, 15) is 18.0 Å². The zero-order valence-electron chi connectivity index (χ0n) is 8.22. The first-order valence-electron chi connectivity index (χ1n) is 4.53. The highest BCUT2D eigenvalue weighted by molar-refractivity contribution is 5.69. The van der Waals surface area contributed by atoms with Crippen molar-refractivity contribution in [1.29, 1.82) is 0 Å². The molecule has 0 saturated heterocycles. The first-order chi connectivity index (χ1) is 6.85. The number of esters is 1. The average Bonchev–Trinajstić information content (AvgIpc) is 2.13. The van der Waals surface area contributed by atoms with E-state index in [0.29, 0.717) is 12.8 Å². The van der Waals surface area contributed by atoms with Crippen LogP contribution in [-0.2, 0) is 9.53 Å². The minimum absolute atomic E-state index is 0.0657. The molecule has 0 aromatic carbocycles. The van der Waals surface area contributed by atoms with Gasteiger partial charge in [0, 0.05) is 19.0 Å². The minimum atomic E-state index is -4.47. The average molecular weight is 228 g/mol. The number of alkyl halides is 3. The third kappa shape index (κ3) is 9.48. The second kappa shape index (κ2) is 6.62. The van der Waals surface area contributed by atoms with Crippen LogP contribution in [0.25, 0.3) is 0 Å². The summed E-state index contributed by atoms with van der Waals surface area (Å²) < 4.78 is 38.8. The first-order valence-corrected chi connectivity index (χ1v) is 4.53. The van der Waals surface area contributed by atoms with Gasteiger partial charge in [0.05, 0.1) is 0 Å². The van der Waals surface area contributed by atoms with E-state index in [1.54, 1.807) is 0 Å². The lowest BCUT2D eigenvalue weighted by atomic mass is 10.1. The molecule has 0 radical (unpaired) electrons. The number of nitrogens with two attached hydrogens (primary N) is 2. The summed E-state index contributed by atoms with van der Waals surface area (Å²) in [5.74, 6) is -0.864. The Kier molecular flexibility index (Phi) is 6.26. The maximum absolute atomic E-state index is 11.6. The predicted octanol–water partition coefficient (Wildman–Crippen LogP) is 0.548. The summed E-state index contributed by atoms with van der Waals surface area (Å²) in [4.78, 5) is 10.8. The van der Waals surface area contributed by atoms with Crippen molar-refractivity contribution in [2.75, 3.05) is 13.2 Å². The van der Waals surface area contributed by atoms with Crippen molar-refractivity contribution in [3.63, 3.8) is 0 Å². The highest BCUT2D eigenvalue weighted by Crippen LogP contribution is 2.15. The zero-order valence-corrected chi connectivity index (χ0v) is 8.22. The molecule has 7 heteroatoms. The molecule has 4 nitrogen and oxygen atoms in total. The Morgan fingerprint density at radius 3 is 2.47 bits per heavy atom. The second-order valence-electron chi connectivity index (χ2n) is 3.16. The summed E-state index contributed by atoms with van der Waals surface area (Å²) in [5, 5.41) is 0. The molecule has 0 aliphatic rings. The standard InChI is InChI=1S/C8H15F3N2O2/c9-8(10,11)5-15-7(14)3-1-2-6(13)4-12/h6H,1-5,12-13H2. The summed E-state index contributed by atoms with van der Waals surface area (Å²) in [6.45, 7) is -1.24. The second-order valence-corrected chi connectivity index (χ2v) is 3.16. The topological polar surface area (TPSA) is 78.3 Å². The number of halogens is 3. The maximum Gasteiger partial charge on any atom is 0.422 e. The Labute approximate surface area is 85.7 Å². The Morgan fingerprint density at radius 2 is 2.00 bits per heavy atom. The molecule has 1 unspecified atom stereocenters. The van der Waals surface area contributed by atoms with Gasteiger partial charge in [0.15, 0.2) is 6.61 Å². The molecule has 90 valence electrons. The van der Waals surface area contributed by atoms with E-state index >= 15 is 0 Å². The van der Waals surface area contributed by atoms with Gasteiger partial charge in [-0.15, -0.1) is 0 Å². The minimum Gasteiger partial charge on any atom is -0.456 e. The van der Waals surface area contributed by atoms with Gasteiger partial charge in [-0.2, -0.15) is 13.2 Å². The molecule has 0 rings (SSSR count). The van der Waals surface area contributed by atoms with Gasteiger partial charge in [-0.1, -0.05) is 0 Å². The first kappa shape index (κ1) is 14.2. The molecule has 0 aromatic heterocycles. The van der Waals surface area contributed by atoms with E-state index < -0.39 is 18.8 Å². The van der Waals surface area contributed by atoms with E-state index in [0.717, 1.165) is 0 Å². The Morgan fingerprint density at radius 1 is 1.40 bits per heavy atom. The number of carbonyl (C=O) groups is 1. The lowest BCUT2D eigenvalue weighted by Crippen LogP contribution is -2.29. The third-order valence-corrected chi connectivity index (χ3v) is 1.66. The highest BCUT2D eigenvalue weighted by Gasteiger charge is 2.29. The normalized spacial score (nSPS) is 13.7. The third-order valence-electron chi connectivity index (χ3n) is 1.66. The zero-order chi connectivity index (χ0) is 11.9. The summed E-state index contributed by atoms with van der Waals surface area (Å²) >= 11 is 0. The molecule has 1 atom stereocenters. The van der Waals surface area contributed by atoms with Crippen molar-refractivity contribution in [1.82, 2.24) is 0 Å². The van der Waals surface area contributed by atoms with E-state index in [4.69, 9.17) is 11.5 Å². The van der Waals surface area contributed by atoms with Crippen LogP contribution < -0.4 is 11.5 Å². The number of ether oxygens (including phenoxy) is 1. The fraction of sp³-hybridized carbons (Fsp3) is 0.875. The summed E-state index contributed by atoms with van der Waals surface area (Å²) in [5.41, 5.74) is 10.7. The SMILES string of the molecule is NCC(N)CCCC(=O)OCC(F)(F)F. The Bertz CT molecular complexity index is 197. The molecule has 0 aromatic rings. The lowest BCUT2D eigenvalue weighted by molar-refractivity contribution is -0.186. The lowest BCUT2D eigenvalue weighted by Gasteiger charge is -2.09. The summed E-state index contributed by atoms with van der Waals surface area (Å²) in [7, 11) is 0. The highest BCUT2D eigenvalue weighted by atomic mass is 19.4. The summed E-state index contributed by atoms with van der Waals surface area (Å²) in [6, 6.07) is -0.222. The number of rotatable bonds is 6. The van der Waals surface area contributed by atoms with Gasteiger partial charge >= 0.3 is 12.1 Å². The van der Waals surface area contributed by atoms with Gasteiger partial charge in [0.25, 0.3) is 0 Å². The van der Waals surface area contributed by atoms with Crippen LogP contribution in [0.2, 0.25) is 0 Å². The molecule has 0 amide bonds. The van der Waals surface area contributed by atoms with Gasteiger partial charge in [0.2, 0.25) is 0 Å². The molecule has 0 fully saturated rings. The van der Waals surface area contributed by atoms with Crippen LogP contribution in [0.5, 0.6) is 0 Å². The Hall–Kier alpha value is -0.820. The van der Waals surface area contributed by atoms with Gasteiger partial charge in [-0.3, -0.25) is 4.79 Å². The molecule has 0 aliphatic carbocycles. The fourth-order valence-corrected chi connectivity index (χ4v) is 0.861. The molecule has 0 saturated carbocycles.